The van der Waals surface area contributed by atoms with Crippen LogP contribution in [0.2, 0.25) is 0 Å². The zero-order valence-corrected chi connectivity index (χ0v) is 15.9. The Balaban J connectivity index is 1.91. The highest BCUT2D eigenvalue weighted by molar-refractivity contribution is 6.16. The van der Waals surface area contributed by atoms with Gasteiger partial charge in [-0.3, -0.25) is 10.1 Å². The van der Waals surface area contributed by atoms with Crippen molar-refractivity contribution >= 4 is 27.5 Å². The molecule has 5 rings (SSSR count). The van der Waals surface area contributed by atoms with Crippen LogP contribution in [-0.2, 0) is 7.05 Å². The summed E-state index contributed by atoms with van der Waals surface area (Å²) in [6, 6.07) is 29.7. The van der Waals surface area contributed by atoms with Gasteiger partial charge in [0.25, 0.3) is 5.69 Å². The third kappa shape index (κ3) is 2.77. The number of nitro benzene ring substituents is 1. The van der Waals surface area contributed by atoms with Crippen molar-refractivity contribution in [2.45, 2.75) is 0 Å². The molecule has 0 amide bonds. The number of non-ortho nitro benzene ring substituents is 1. The molecule has 29 heavy (non-hydrogen) atoms. The molecule has 0 spiro atoms. The summed E-state index contributed by atoms with van der Waals surface area (Å²) in [6.45, 7) is 0. The van der Waals surface area contributed by atoms with Gasteiger partial charge in [0.15, 0.2) is 0 Å². The molecule has 5 aromatic rings. The number of hydrogen-bond acceptors (Lipinski definition) is 2. The van der Waals surface area contributed by atoms with E-state index in [1.807, 2.05) is 36.4 Å². The summed E-state index contributed by atoms with van der Waals surface area (Å²) >= 11 is 0. The van der Waals surface area contributed by atoms with Gasteiger partial charge in [-0.15, -0.1) is 0 Å². The van der Waals surface area contributed by atoms with Crippen LogP contribution >= 0.6 is 0 Å². The Morgan fingerprint density at radius 1 is 0.724 bits per heavy atom. The Morgan fingerprint density at radius 2 is 1.45 bits per heavy atom. The molecule has 0 aliphatic heterocycles. The van der Waals surface area contributed by atoms with Gasteiger partial charge in [0, 0.05) is 35.5 Å². The van der Waals surface area contributed by atoms with Gasteiger partial charge in [-0.25, -0.2) is 0 Å². The molecule has 0 unspecified atom stereocenters. The predicted molar refractivity (Wildman–Crippen MR) is 118 cm³/mol. The minimum Gasteiger partial charge on any atom is -0.344 e. The van der Waals surface area contributed by atoms with E-state index in [1.54, 1.807) is 12.1 Å². The van der Waals surface area contributed by atoms with Crippen LogP contribution in [0.5, 0.6) is 0 Å². The Bertz CT molecular complexity index is 1380. The maximum Gasteiger partial charge on any atom is 0.270 e. The summed E-state index contributed by atoms with van der Waals surface area (Å²) in [5, 5.41) is 13.6. The lowest BCUT2D eigenvalue weighted by Gasteiger charge is -2.10. The van der Waals surface area contributed by atoms with Crippen LogP contribution in [0.3, 0.4) is 0 Å². The van der Waals surface area contributed by atoms with Crippen molar-refractivity contribution in [3.8, 4) is 22.3 Å². The number of benzene rings is 4. The fraction of sp³-hybridized carbons (Fsp3) is 0.0400. The Kier molecular flexibility index (Phi) is 3.91. The first-order valence-electron chi connectivity index (χ1n) is 9.45. The highest BCUT2D eigenvalue weighted by atomic mass is 16.6. The van der Waals surface area contributed by atoms with Crippen LogP contribution in [0.4, 0.5) is 5.69 Å². The van der Waals surface area contributed by atoms with Crippen molar-refractivity contribution in [1.82, 2.24) is 4.57 Å². The Morgan fingerprint density at radius 3 is 2.24 bits per heavy atom. The summed E-state index contributed by atoms with van der Waals surface area (Å²) in [6.07, 6.45) is 0. The van der Waals surface area contributed by atoms with Crippen LogP contribution in [-0.4, -0.2) is 9.49 Å². The first kappa shape index (κ1) is 17.2. The van der Waals surface area contributed by atoms with Gasteiger partial charge in [-0.05, 0) is 40.5 Å². The maximum atomic E-state index is 11.4. The molecule has 4 nitrogen and oxygen atoms in total. The summed E-state index contributed by atoms with van der Waals surface area (Å²) < 4.78 is 2.19. The molecule has 0 aliphatic rings. The van der Waals surface area contributed by atoms with Gasteiger partial charge in [-0.1, -0.05) is 60.7 Å². The third-order valence-electron chi connectivity index (χ3n) is 5.49. The molecular weight excluding hydrogens is 360 g/mol. The number of aryl methyl sites for hydroxylation is 1. The van der Waals surface area contributed by atoms with Gasteiger partial charge in [0.2, 0.25) is 0 Å². The Labute approximate surface area is 167 Å². The second-order valence-electron chi connectivity index (χ2n) is 7.17. The summed E-state index contributed by atoms with van der Waals surface area (Å²) in [7, 11) is 2.07. The lowest BCUT2D eigenvalue weighted by molar-refractivity contribution is -0.384. The van der Waals surface area contributed by atoms with Crippen molar-refractivity contribution < 1.29 is 4.92 Å². The molecular formula is C25H18N2O2. The van der Waals surface area contributed by atoms with Gasteiger partial charge >= 0.3 is 0 Å². The lowest BCUT2D eigenvalue weighted by Crippen LogP contribution is -1.91. The van der Waals surface area contributed by atoms with Crippen molar-refractivity contribution in [2.75, 3.05) is 0 Å². The van der Waals surface area contributed by atoms with Crippen LogP contribution in [0, 0.1) is 10.1 Å². The molecule has 0 saturated heterocycles. The number of fused-ring (bicyclic) bond motifs is 3. The zero-order valence-electron chi connectivity index (χ0n) is 15.9. The molecule has 1 heterocycles. The average molecular weight is 378 g/mol. The van der Waals surface area contributed by atoms with E-state index in [9.17, 15) is 10.1 Å². The molecule has 0 saturated carbocycles. The smallest absolute Gasteiger partial charge is 0.270 e. The number of nitrogens with zero attached hydrogens (tertiary/aromatic N) is 2. The minimum atomic E-state index is -0.342. The van der Waals surface area contributed by atoms with E-state index in [-0.39, 0.29) is 10.6 Å². The number of rotatable bonds is 3. The van der Waals surface area contributed by atoms with Gasteiger partial charge in [0.05, 0.1) is 10.4 Å². The standard InChI is InChI=1S/C25H18N2O2/c1-26-23-13-6-5-12-21(23)25-22(18-10-7-11-20(14-18)27(28)29)15-19(16-24(25)26)17-8-3-2-4-9-17/h2-16H,1H3. The quantitative estimate of drug-likeness (QED) is 0.263. The highest BCUT2D eigenvalue weighted by Crippen LogP contribution is 2.40. The van der Waals surface area contributed by atoms with E-state index in [0.717, 1.165) is 44.1 Å². The van der Waals surface area contributed by atoms with E-state index >= 15 is 0 Å². The summed E-state index contributed by atoms with van der Waals surface area (Å²) in [5.41, 5.74) is 6.39. The van der Waals surface area contributed by atoms with Gasteiger partial charge in [0.1, 0.15) is 0 Å². The van der Waals surface area contributed by atoms with Crippen molar-refractivity contribution in [1.29, 1.82) is 0 Å². The summed E-state index contributed by atoms with van der Waals surface area (Å²) in [4.78, 5) is 11.0. The molecule has 0 aliphatic carbocycles. The first-order chi connectivity index (χ1) is 14.1. The van der Waals surface area contributed by atoms with E-state index < -0.39 is 0 Å². The molecule has 0 fully saturated rings. The number of nitro groups is 1. The van der Waals surface area contributed by atoms with Crippen LogP contribution in [0.25, 0.3) is 44.1 Å². The predicted octanol–water partition coefficient (Wildman–Crippen LogP) is 6.57. The molecule has 0 radical (unpaired) electrons. The fourth-order valence-electron chi connectivity index (χ4n) is 4.09. The fourth-order valence-corrected chi connectivity index (χ4v) is 4.09. The normalized spacial score (nSPS) is 11.2. The van der Waals surface area contributed by atoms with Crippen LogP contribution < -0.4 is 0 Å². The molecule has 140 valence electrons. The van der Waals surface area contributed by atoms with Crippen LogP contribution in [0.15, 0.2) is 91.0 Å². The molecule has 0 atom stereocenters. The first-order valence-corrected chi connectivity index (χ1v) is 9.45. The highest BCUT2D eigenvalue weighted by Gasteiger charge is 2.17. The van der Waals surface area contributed by atoms with Gasteiger partial charge < -0.3 is 4.57 Å². The van der Waals surface area contributed by atoms with E-state index in [1.165, 1.54) is 6.07 Å². The largest absolute Gasteiger partial charge is 0.344 e. The van der Waals surface area contributed by atoms with E-state index in [4.69, 9.17) is 0 Å². The Hall–Kier alpha value is -3.92. The van der Waals surface area contributed by atoms with E-state index in [0.29, 0.717) is 0 Å². The van der Waals surface area contributed by atoms with Crippen LogP contribution in [0.1, 0.15) is 0 Å². The van der Waals surface area contributed by atoms with Crippen molar-refractivity contribution in [3.63, 3.8) is 0 Å². The second-order valence-corrected chi connectivity index (χ2v) is 7.17. The average Bonchev–Trinajstić information content (AvgIpc) is 3.06. The summed E-state index contributed by atoms with van der Waals surface area (Å²) in [5.74, 6) is 0. The number of aromatic nitrogens is 1. The molecule has 0 N–H and O–H groups in total. The molecule has 4 heteroatoms. The topological polar surface area (TPSA) is 48.1 Å². The minimum absolute atomic E-state index is 0.0981. The van der Waals surface area contributed by atoms with Crippen molar-refractivity contribution in [3.05, 3.63) is 101 Å². The third-order valence-corrected chi connectivity index (χ3v) is 5.49. The molecule has 4 aromatic carbocycles. The number of hydrogen-bond donors (Lipinski definition) is 0. The van der Waals surface area contributed by atoms with Gasteiger partial charge in [-0.2, -0.15) is 0 Å². The number of para-hydroxylation sites is 1. The zero-order chi connectivity index (χ0) is 20.0. The second kappa shape index (κ2) is 6.60. The SMILES string of the molecule is Cn1c2ccccc2c2c(-c3cccc([N+](=O)[O-])c3)cc(-c3ccccc3)cc21. The lowest BCUT2D eigenvalue weighted by atomic mass is 9.94. The molecule has 0 bridgehead atoms. The van der Waals surface area contributed by atoms with E-state index in [2.05, 4.69) is 48.0 Å². The monoisotopic (exact) mass is 378 g/mol. The van der Waals surface area contributed by atoms with Crippen molar-refractivity contribution in [2.24, 2.45) is 7.05 Å². The maximum absolute atomic E-state index is 11.4. The molecule has 1 aromatic heterocycles.